The number of benzene rings is 2. The van der Waals surface area contributed by atoms with Gasteiger partial charge < -0.3 is 21.1 Å². The van der Waals surface area contributed by atoms with Crippen LogP contribution in [0.4, 0.5) is 0 Å². The first-order valence-corrected chi connectivity index (χ1v) is 11.0. The zero-order valence-electron chi connectivity index (χ0n) is 18.7. The molecule has 0 spiro atoms. The molecule has 1 aromatic heterocycles. The van der Waals surface area contributed by atoms with E-state index in [1.807, 2.05) is 31.2 Å². The van der Waals surface area contributed by atoms with Gasteiger partial charge in [-0.2, -0.15) is 0 Å². The number of para-hydroxylation sites is 1. The first-order chi connectivity index (χ1) is 15.2. The fourth-order valence-corrected chi connectivity index (χ4v) is 4.54. The van der Waals surface area contributed by atoms with Gasteiger partial charge in [-0.25, -0.2) is 0 Å². The molecule has 0 radical (unpaired) electrons. The van der Waals surface area contributed by atoms with Crippen molar-refractivity contribution >= 4 is 22.7 Å². The lowest BCUT2D eigenvalue weighted by Crippen LogP contribution is -2.44. The third-order valence-corrected chi connectivity index (χ3v) is 6.49. The van der Waals surface area contributed by atoms with E-state index in [1.54, 1.807) is 18.2 Å². The van der Waals surface area contributed by atoms with E-state index in [2.05, 4.69) is 29.0 Å². The quantitative estimate of drug-likeness (QED) is 0.478. The molecule has 1 saturated heterocycles. The summed E-state index contributed by atoms with van der Waals surface area (Å²) >= 11 is 0. The molecule has 1 aliphatic rings. The number of phenols is 1. The predicted octanol–water partition coefficient (Wildman–Crippen LogP) is 2.70. The number of aromatic nitrogens is 1. The lowest BCUT2D eigenvalue weighted by atomic mass is 10.00. The molecular weight excluding hydrogens is 404 g/mol. The third kappa shape index (κ3) is 4.21. The average Bonchev–Trinajstić information content (AvgIpc) is 3.31. The molecular formula is C25H30N4O3. The highest BCUT2D eigenvalue weighted by molar-refractivity contribution is 5.95. The van der Waals surface area contributed by atoms with Crippen molar-refractivity contribution in [3.63, 3.8) is 0 Å². The molecule has 5 N–H and O–H groups in total. The molecule has 1 aliphatic heterocycles. The zero-order valence-corrected chi connectivity index (χ0v) is 18.7. The van der Waals surface area contributed by atoms with E-state index in [4.69, 9.17) is 5.73 Å². The largest absolute Gasteiger partial charge is 0.506 e. The molecule has 0 saturated carbocycles. The molecule has 0 bridgehead atoms. The number of hydrogen-bond donors (Lipinski definition) is 4. The van der Waals surface area contributed by atoms with Crippen molar-refractivity contribution < 1.29 is 14.7 Å². The number of rotatable bonds is 6. The minimum Gasteiger partial charge on any atom is -0.506 e. The average molecular weight is 435 g/mol. The number of nitrogens with one attached hydrogen (secondary N) is 2. The summed E-state index contributed by atoms with van der Waals surface area (Å²) < 4.78 is 0. The number of aromatic amines is 1. The van der Waals surface area contributed by atoms with Crippen LogP contribution < -0.4 is 11.1 Å². The standard InChI is InChI=1S/C25H30N4O3/c1-14(2)29-12-20(24(26)31)21(13-29)28-25(32)17-9-7-16(8-10-17)11-19-15(3)27-23-18(19)5-4-6-22(23)30/h4-10,14,20-21,27,30H,11-13H2,1-3H3,(H2,26,31)(H,28,32). The predicted molar refractivity (Wildman–Crippen MR) is 125 cm³/mol. The number of nitrogens with zero attached hydrogens (tertiary/aromatic N) is 1. The number of hydrogen-bond acceptors (Lipinski definition) is 4. The van der Waals surface area contributed by atoms with E-state index in [0.717, 1.165) is 27.7 Å². The molecule has 2 atom stereocenters. The second-order valence-electron chi connectivity index (χ2n) is 8.94. The van der Waals surface area contributed by atoms with Gasteiger partial charge >= 0.3 is 0 Å². The normalized spacial score (nSPS) is 19.0. The number of aryl methyl sites for hydroxylation is 1. The number of carbonyl (C=O) groups is 2. The van der Waals surface area contributed by atoms with Crippen LogP contribution in [0.3, 0.4) is 0 Å². The maximum atomic E-state index is 12.8. The van der Waals surface area contributed by atoms with E-state index in [1.165, 1.54) is 0 Å². The molecule has 32 heavy (non-hydrogen) atoms. The Morgan fingerprint density at radius 1 is 1.19 bits per heavy atom. The second kappa shape index (κ2) is 8.67. The van der Waals surface area contributed by atoms with Gasteiger partial charge in [0.25, 0.3) is 5.91 Å². The van der Waals surface area contributed by atoms with Gasteiger partial charge in [-0.3, -0.25) is 14.5 Å². The topological polar surface area (TPSA) is 111 Å². The van der Waals surface area contributed by atoms with Gasteiger partial charge in [-0.15, -0.1) is 0 Å². The molecule has 2 aromatic carbocycles. The number of H-pyrrole nitrogens is 1. The number of amides is 2. The molecule has 4 rings (SSSR count). The van der Waals surface area contributed by atoms with E-state index >= 15 is 0 Å². The highest BCUT2D eigenvalue weighted by atomic mass is 16.3. The Bertz CT molecular complexity index is 1150. The summed E-state index contributed by atoms with van der Waals surface area (Å²) in [6.45, 7) is 7.31. The minimum absolute atomic E-state index is 0.202. The number of primary amides is 1. The smallest absolute Gasteiger partial charge is 0.251 e. The molecule has 7 heteroatoms. The highest BCUT2D eigenvalue weighted by Crippen LogP contribution is 2.30. The van der Waals surface area contributed by atoms with Gasteiger partial charge in [0, 0.05) is 35.8 Å². The summed E-state index contributed by atoms with van der Waals surface area (Å²) in [4.78, 5) is 30.1. The van der Waals surface area contributed by atoms with Gasteiger partial charge in [0.05, 0.1) is 17.5 Å². The van der Waals surface area contributed by atoms with E-state index < -0.39 is 0 Å². The molecule has 168 valence electrons. The number of carbonyl (C=O) groups excluding carboxylic acids is 2. The van der Waals surface area contributed by atoms with Gasteiger partial charge in [-0.1, -0.05) is 24.3 Å². The van der Waals surface area contributed by atoms with Crippen molar-refractivity contribution in [2.45, 2.75) is 39.3 Å². The van der Waals surface area contributed by atoms with Crippen LogP contribution in [0.15, 0.2) is 42.5 Å². The maximum absolute atomic E-state index is 12.8. The van der Waals surface area contributed by atoms with Gasteiger partial charge in [0.2, 0.25) is 5.91 Å². The van der Waals surface area contributed by atoms with Crippen LogP contribution >= 0.6 is 0 Å². The number of likely N-dealkylation sites (tertiary alicyclic amines) is 1. The Morgan fingerprint density at radius 3 is 2.56 bits per heavy atom. The van der Waals surface area contributed by atoms with E-state index in [9.17, 15) is 14.7 Å². The summed E-state index contributed by atoms with van der Waals surface area (Å²) in [6, 6.07) is 13.0. The Morgan fingerprint density at radius 2 is 1.91 bits per heavy atom. The highest BCUT2D eigenvalue weighted by Gasteiger charge is 2.38. The SMILES string of the molecule is Cc1[nH]c2c(O)cccc2c1Cc1ccc(C(=O)NC2CN(C(C)C)CC2C(N)=O)cc1. The van der Waals surface area contributed by atoms with Crippen molar-refractivity contribution in [2.75, 3.05) is 13.1 Å². The number of phenolic OH excluding ortho intramolecular Hbond substituents is 1. The third-order valence-electron chi connectivity index (χ3n) is 6.49. The number of nitrogens with two attached hydrogens (primary N) is 1. The molecule has 2 unspecified atom stereocenters. The van der Waals surface area contributed by atoms with Crippen LogP contribution in [0.1, 0.15) is 41.0 Å². The monoisotopic (exact) mass is 434 g/mol. The Labute approximate surface area is 187 Å². The van der Waals surface area contributed by atoms with Crippen molar-refractivity contribution in [1.29, 1.82) is 0 Å². The molecule has 2 amide bonds. The van der Waals surface area contributed by atoms with Crippen molar-refractivity contribution in [3.8, 4) is 5.75 Å². The molecule has 7 nitrogen and oxygen atoms in total. The minimum atomic E-state index is -0.387. The Balaban J connectivity index is 1.47. The molecule has 1 fully saturated rings. The summed E-state index contributed by atoms with van der Waals surface area (Å²) in [7, 11) is 0. The van der Waals surface area contributed by atoms with E-state index in [0.29, 0.717) is 25.1 Å². The lowest BCUT2D eigenvalue weighted by molar-refractivity contribution is -0.121. The molecule has 0 aliphatic carbocycles. The number of fused-ring (bicyclic) bond motifs is 1. The van der Waals surface area contributed by atoms with Crippen LogP contribution in [0.2, 0.25) is 0 Å². The Hall–Kier alpha value is -3.32. The Kier molecular flexibility index (Phi) is 5.93. The summed E-state index contributed by atoms with van der Waals surface area (Å²) in [5.41, 5.74) is 10.1. The number of aromatic hydroxyl groups is 1. The van der Waals surface area contributed by atoms with Crippen LogP contribution in [-0.4, -0.2) is 52.0 Å². The fraction of sp³-hybridized carbons (Fsp3) is 0.360. The second-order valence-corrected chi connectivity index (χ2v) is 8.94. The van der Waals surface area contributed by atoms with E-state index in [-0.39, 0.29) is 35.6 Å². The van der Waals surface area contributed by atoms with Gasteiger partial charge in [0.1, 0.15) is 5.75 Å². The van der Waals surface area contributed by atoms with Crippen molar-refractivity contribution in [1.82, 2.24) is 15.2 Å². The van der Waals surface area contributed by atoms with Gasteiger partial charge in [0.15, 0.2) is 0 Å². The first-order valence-electron chi connectivity index (χ1n) is 11.0. The fourth-order valence-electron chi connectivity index (χ4n) is 4.54. The molecule has 3 aromatic rings. The summed E-state index contributed by atoms with van der Waals surface area (Å²) in [5, 5.41) is 14.1. The van der Waals surface area contributed by atoms with Crippen molar-refractivity contribution in [3.05, 3.63) is 64.8 Å². The zero-order chi connectivity index (χ0) is 23.0. The van der Waals surface area contributed by atoms with Crippen LogP contribution in [0.5, 0.6) is 5.75 Å². The van der Waals surface area contributed by atoms with Crippen LogP contribution in [0, 0.1) is 12.8 Å². The summed E-state index contributed by atoms with van der Waals surface area (Å²) in [5.74, 6) is -0.733. The first kappa shape index (κ1) is 21.9. The summed E-state index contributed by atoms with van der Waals surface area (Å²) in [6.07, 6.45) is 0.687. The van der Waals surface area contributed by atoms with Gasteiger partial charge in [-0.05, 0) is 56.5 Å². The van der Waals surface area contributed by atoms with Crippen molar-refractivity contribution in [2.24, 2.45) is 11.7 Å². The molecule has 2 heterocycles. The van der Waals surface area contributed by atoms with Crippen LogP contribution in [0.25, 0.3) is 10.9 Å². The lowest BCUT2D eigenvalue weighted by Gasteiger charge is -2.20. The maximum Gasteiger partial charge on any atom is 0.251 e. The van der Waals surface area contributed by atoms with Crippen LogP contribution in [-0.2, 0) is 11.2 Å².